The van der Waals surface area contributed by atoms with Crippen molar-refractivity contribution < 1.29 is 0 Å². The molecule has 0 spiro atoms. The van der Waals surface area contributed by atoms with Crippen LogP contribution in [0.1, 0.15) is 17.2 Å². The number of thiophene rings is 1. The summed E-state index contributed by atoms with van der Waals surface area (Å²) in [7, 11) is 1.99. The lowest BCUT2D eigenvalue weighted by Crippen LogP contribution is -2.17. The van der Waals surface area contributed by atoms with Crippen LogP contribution in [-0.2, 0) is 0 Å². The third-order valence-corrected chi connectivity index (χ3v) is 3.84. The smallest absolute Gasteiger partial charge is 0.0753 e. The number of benzene rings is 1. The van der Waals surface area contributed by atoms with Crippen molar-refractivity contribution in [3.8, 4) is 0 Å². The monoisotopic (exact) mass is 254 g/mol. The highest BCUT2D eigenvalue weighted by Gasteiger charge is 2.15. The number of aromatic nitrogens is 1. The molecule has 1 atom stereocenters. The Balaban J connectivity index is 2.18. The van der Waals surface area contributed by atoms with Gasteiger partial charge in [-0.05, 0) is 41.1 Å². The molecule has 0 saturated heterocycles. The summed E-state index contributed by atoms with van der Waals surface area (Å²) in [5, 5.41) is 8.86. The Kier molecular flexibility index (Phi) is 3.09. The minimum Gasteiger partial charge on any atom is -0.309 e. The van der Waals surface area contributed by atoms with Crippen molar-refractivity contribution in [2.45, 2.75) is 6.04 Å². The molecule has 90 valence electrons. The van der Waals surface area contributed by atoms with E-state index >= 15 is 0 Å². The molecule has 2 nitrogen and oxygen atoms in total. The van der Waals surface area contributed by atoms with Crippen LogP contribution in [0.25, 0.3) is 10.9 Å². The van der Waals surface area contributed by atoms with Gasteiger partial charge in [0.25, 0.3) is 0 Å². The van der Waals surface area contributed by atoms with E-state index in [2.05, 4.69) is 51.4 Å². The lowest BCUT2D eigenvalue weighted by Gasteiger charge is -2.17. The van der Waals surface area contributed by atoms with Crippen molar-refractivity contribution >= 4 is 22.2 Å². The van der Waals surface area contributed by atoms with Crippen LogP contribution in [-0.4, -0.2) is 12.0 Å². The summed E-state index contributed by atoms with van der Waals surface area (Å²) < 4.78 is 0. The van der Waals surface area contributed by atoms with Gasteiger partial charge in [0.2, 0.25) is 0 Å². The van der Waals surface area contributed by atoms with Crippen molar-refractivity contribution in [3.63, 3.8) is 0 Å². The fourth-order valence-corrected chi connectivity index (χ4v) is 2.99. The van der Waals surface area contributed by atoms with E-state index in [4.69, 9.17) is 0 Å². The Morgan fingerprint density at radius 2 is 2.06 bits per heavy atom. The zero-order valence-electron chi connectivity index (χ0n) is 10.1. The van der Waals surface area contributed by atoms with Gasteiger partial charge in [0, 0.05) is 11.6 Å². The van der Waals surface area contributed by atoms with Gasteiger partial charge in [-0.3, -0.25) is 4.98 Å². The molecule has 1 aromatic carbocycles. The summed E-state index contributed by atoms with van der Waals surface area (Å²) in [5.41, 5.74) is 3.60. The lowest BCUT2D eigenvalue weighted by atomic mass is 9.98. The second-order valence-corrected chi connectivity index (χ2v) is 4.98. The Bertz CT molecular complexity index is 641. The fourth-order valence-electron chi connectivity index (χ4n) is 2.30. The number of nitrogens with one attached hydrogen (secondary N) is 1. The van der Waals surface area contributed by atoms with E-state index in [-0.39, 0.29) is 6.04 Å². The maximum Gasteiger partial charge on any atom is 0.0753 e. The quantitative estimate of drug-likeness (QED) is 0.772. The Morgan fingerprint density at radius 1 is 1.17 bits per heavy atom. The minimum absolute atomic E-state index is 0.204. The normalized spacial score (nSPS) is 12.7. The molecule has 0 radical (unpaired) electrons. The topological polar surface area (TPSA) is 24.9 Å². The highest BCUT2D eigenvalue weighted by Crippen LogP contribution is 2.28. The van der Waals surface area contributed by atoms with E-state index in [0.29, 0.717) is 0 Å². The third kappa shape index (κ3) is 1.92. The van der Waals surface area contributed by atoms with E-state index in [1.165, 1.54) is 16.5 Å². The lowest BCUT2D eigenvalue weighted by molar-refractivity contribution is 0.698. The molecule has 0 fully saturated rings. The minimum atomic E-state index is 0.204. The Morgan fingerprint density at radius 3 is 2.83 bits per heavy atom. The number of pyridine rings is 1. The maximum atomic E-state index is 4.52. The highest BCUT2D eigenvalue weighted by molar-refractivity contribution is 7.08. The number of rotatable bonds is 3. The number of para-hydroxylation sites is 1. The number of hydrogen-bond donors (Lipinski definition) is 1. The van der Waals surface area contributed by atoms with Gasteiger partial charge in [0.15, 0.2) is 0 Å². The molecule has 3 heteroatoms. The predicted molar refractivity (Wildman–Crippen MR) is 77.0 cm³/mol. The first-order valence-corrected chi connectivity index (χ1v) is 6.87. The number of hydrogen-bond acceptors (Lipinski definition) is 3. The van der Waals surface area contributed by atoms with Crippen LogP contribution in [0.4, 0.5) is 0 Å². The van der Waals surface area contributed by atoms with Crippen LogP contribution in [0.5, 0.6) is 0 Å². The fraction of sp³-hybridized carbons (Fsp3) is 0.133. The molecular formula is C15H14N2S. The Labute approximate surface area is 110 Å². The molecule has 3 aromatic rings. The van der Waals surface area contributed by atoms with E-state index in [1.54, 1.807) is 11.3 Å². The van der Waals surface area contributed by atoms with Crippen molar-refractivity contribution in [2.75, 3.05) is 7.05 Å². The van der Waals surface area contributed by atoms with Crippen LogP contribution in [0, 0.1) is 0 Å². The van der Waals surface area contributed by atoms with Crippen molar-refractivity contribution in [1.29, 1.82) is 0 Å². The van der Waals surface area contributed by atoms with Crippen LogP contribution < -0.4 is 5.32 Å². The van der Waals surface area contributed by atoms with Crippen molar-refractivity contribution in [2.24, 2.45) is 0 Å². The summed E-state index contributed by atoms with van der Waals surface area (Å²) in [6.45, 7) is 0. The standard InChI is InChI=1S/C15H14N2S/c1-16-14(12-7-9-18-10-12)13-6-2-4-11-5-3-8-17-15(11)13/h2-10,14,16H,1H3. The molecule has 1 N–H and O–H groups in total. The van der Waals surface area contributed by atoms with Crippen LogP contribution in [0.15, 0.2) is 53.4 Å². The van der Waals surface area contributed by atoms with Gasteiger partial charge in [-0.15, -0.1) is 0 Å². The molecule has 0 saturated carbocycles. The SMILES string of the molecule is CNC(c1ccsc1)c1cccc2cccnc12. The van der Waals surface area contributed by atoms with Gasteiger partial charge in [-0.1, -0.05) is 24.3 Å². The van der Waals surface area contributed by atoms with Crippen LogP contribution in [0.3, 0.4) is 0 Å². The molecule has 2 aromatic heterocycles. The largest absolute Gasteiger partial charge is 0.309 e. The molecular weight excluding hydrogens is 240 g/mol. The van der Waals surface area contributed by atoms with Crippen molar-refractivity contribution in [3.05, 3.63) is 64.5 Å². The number of fused-ring (bicyclic) bond motifs is 1. The summed E-state index contributed by atoms with van der Waals surface area (Å²) in [6, 6.07) is 12.8. The molecule has 1 unspecified atom stereocenters. The van der Waals surface area contributed by atoms with E-state index in [9.17, 15) is 0 Å². The molecule has 0 aliphatic rings. The zero-order chi connectivity index (χ0) is 12.4. The zero-order valence-corrected chi connectivity index (χ0v) is 10.9. The summed E-state index contributed by atoms with van der Waals surface area (Å²) in [4.78, 5) is 4.52. The van der Waals surface area contributed by atoms with Gasteiger partial charge in [-0.25, -0.2) is 0 Å². The molecule has 0 amide bonds. The maximum absolute atomic E-state index is 4.52. The van der Waals surface area contributed by atoms with Gasteiger partial charge in [0.05, 0.1) is 11.6 Å². The first kappa shape index (κ1) is 11.4. The first-order chi connectivity index (χ1) is 8.90. The molecule has 0 aliphatic carbocycles. The van der Waals surface area contributed by atoms with E-state index < -0.39 is 0 Å². The summed E-state index contributed by atoms with van der Waals surface area (Å²) in [5.74, 6) is 0. The average molecular weight is 254 g/mol. The summed E-state index contributed by atoms with van der Waals surface area (Å²) in [6.07, 6.45) is 1.85. The second-order valence-electron chi connectivity index (χ2n) is 4.20. The van der Waals surface area contributed by atoms with Crippen LogP contribution >= 0.6 is 11.3 Å². The summed E-state index contributed by atoms with van der Waals surface area (Å²) >= 11 is 1.72. The van der Waals surface area contributed by atoms with Gasteiger partial charge in [0.1, 0.15) is 0 Å². The van der Waals surface area contributed by atoms with Gasteiger partial charge in [-0.2, -0.15) is 11.3 Å². The van der Waals surface area contributed by atoms with E-state index in [0.717, 1.165) is 5.52 Å². The van der Waals surface area contributed by atoms with Gasteiger partial charge >= 0.3 is 0 Å². The van der Waals surface area contributed by atoms with Gasteiger partial charge < -0.3 is 5.32 Å². The van der Waals surface area contributed by atoms with Crippen molar-refractivity contribution in [1.82, 2.24) is 10.3 Å². The third-order valence-electron chi connectivity index (χ3n) is 3.14. The first-order valence-electron chi connectivity index (χ1n) is 5.93. The molecule has 3 rings (SSSR count). The highest BCUT2D eigenvalue weighted by atomic mass is 32.1. The molecule has 2 heterocycles. The van der Waals surface area contributed by atoms with E-state index in [1.807, 2.05) is 19.3 Å². The number of nitrogens with zero attached hydrogens (tertiary/aromatic N) is 1. The van der Waals surface area contributed by atoms with Crippen LogP contribution in [0.2, 0.25) is 0 Å². The molecule has 0 bridgehead atoms. The Hall–Kier alpha value is -1.71. The second kappa shape index (κ2) is 4.88. The predicted octanol–water partition coefficient (Wildman–Crippen LogP) is 3.61. The molecule has 18 heavy (non-hydrogen) atoms. The average Bonchev–Trinajstić information content (AvgIpc) is 2.94. The molecule has 0 aliphatic heterocycles.